The van der Waals surface area contributed by atoms with E-state index in [9.17, 15) is 19.8 Å². The van der Waals surface area contributed by atoms with Crippen LogP contribution in [-0.2, 0) is 9.59 Å². The smallest absolute Gasteiger partial charge is 0.303 e. The van der Waals surface area contributed by atoms with Crippen LogP contribution in [-0.4, -0.2) is 39.3 Å². The maximum Gasteiger partial charge on any atom is 0.303 e. The summed E-state index contributed by atoms with van der Waals surface area (Å²) in [6.07, 6.45) is 14.1. The van der Waals surface area contributed by atoms with Crippen LogP contribution in [0.25, 0.3) is 0 Å². The number of aliphatic hydroxyl groups excluding tert-OH is 2. The zero-order valence-electron chi connectivity index (χ0n) is 14.9. The maximum atomic E-state index is 12.0. The Bertz CT molecular complexity index is 504. The minimum atomic E-state index is -0.791. The van der Waals surface area contributed by atoms with Gasteiger partial charge < -0.3 is 15.3 Å². The molecule has 0 heterocycles. The number of aliphatic hydroxyl groups is 2. The van der Waals surface area contributed by atoms with Crippen molar-refractivity contribution in [3.63, 3.8) is 0 Å². The van der Waals surface area contributed by atoms with Crippen molar-refractivity contribution in [2.75, 3.05) is 0 Å². The first kappa shape index (κ1) is 21.3. The standard InChI is InChI=1S/C20H30O5/c1-15(21)7-6-8-17(22)13-11-16-12-14-19(23)18(16)9-4-2-3-5-10-20(24)25/h2,4,11-18,21-22H,3,5-10H2,1H3,(H,24,25)/t15-,16+,17+,18-/m1/s1. The molecule has 25 heavy (non-hydrogen) atoms. The molecule has 5 heteroatoms. The van der Waals surface area contributed by atoms with Crippen molar-refractivity contribution >= 4 is 11.8 Å². The molecule has 5 nitrogen and oxygen atoms in total. The number of aliphatic carboxylic acids is 1. The Kier molecular flexibility index (Phi) is 10.0. The zero-order valence-corrected chi connectivity index (χ0v) is 14.9. The molecule has 0 saturated heterocycles. The van der Waals surface area contributed by atoms with Gasteiger partial charge in [0.15, 0.2) is 5.78 Å². The summed E-state index contributed by atoms with van der Waals surface area (Å²) in [4.78, 5) is 22.4. The predicted octanol–water partition coefficient (Wildman–Crippen LogP) is 3.03. The lowest BCUT2D eigenvalue weighted by molar-refractivity contribution is -0.137. The number of hydrogen-bond acceptors (Lipinski definition) is 4. The second-order valence-corrected chi connectivity index (χ2v) is 6.67. The lowest BCUT2D eigenvalue weighted by atomic mass is 9.90. The third-order valence-electron chi connectivity index (χ3n) is 4.31. The highest BCUT2D eigenvalue weighted by Crippen LogP contribution is 2.27. The van der Waals surface area contributed by atoms with E-state index in [1.807, 2.05) is 24.3 Å². The summed E-state index contributed by atoms with van der Waals surface area (Å²) in [5.41, 5.74) is 0. The summed E-state index contributed by atoms with van der Waals surface area (Å²) in [6.45, 7) is 1.73. The van der Waals surface area contributed by atoms with Crippen LogP contribution in [0.3, 0.4) is 0 Å². The number of carbonyl (C=O) groups is 2. The molecule has 0 spiro atoms. The zero-order chi connectivity index (χ0) is 18.7. The molecule has 0 radical (unpaired) electrons. The van der Waals surface area contributed by atoms with Gasteiger partial charge in [-0.25, -0.2) is 0 Å². The van der Waals surface area contributed by atoms with E-state index < -0.39 is 12.1 Å². The second-order valence-electron chi connectivity index (χ2n) is 6.67. The van der Waals surface area contributed by atoms with Crippen LogP contribution in [0.4, 0.5) is 0 Å². The maximum absolute atomic E-state index is 12.0. The molecule has 0 aromatic heterocycles. The van der Waals surface area contributed by atoms with E-state index in [2.05, 4.69) is 0 Å². The Morgan fingerprint density at radius 3 is 2.68 bits per heavy atom. The molecule has 0 unspecified atom stereocenters. The van der Waals surface area contributed by atoms with Crippen molar-refractivity contribution in [1.29, 1.82) is 0 Å². The predicted molar refractivity (Wildman–Crippen MR) is 97.0 cm³/mol. The van der Waals surface area contributed by atoms with Crippen LogP contribution >= 0.6 is 0 Å². The Hall–Kier alpha value is -1.72. The monoisotopic (exact) mass is 350 g/mol. The molecule has 1 aliphatic rings. The average Bonchev–Trinajstić information content (AvgIpc) is 2.88. The molecule has 0 bridgehead atoms. The van der Waals surface area contributed by atoms with Gasteiger partial charge >= 0.3 is 5.97 Å². The fraction of sp³-hybridized carbons (Fsp3) is 0.600. The van der Waals surface area contributed by atoms with Crippen molar-refractivity contribution in [2.24, 2.45) is 11.8 Å². The fourth-order valence-electron chi connectivity index (χ4n) is 2.83. The first-order valence-electron chi connectivity index (χ1n) is 9.03. The topological polar surface area (TPSA) is 94.8 Å². The van der Waals surface area contributed by atoms with Gasteiger partial charge in [0.1, 0.15) is 0 Å². The summed E-state index contributed by atoms with van der Waals surface area (Å²) >= 11 is 0. The molecule has 0 aliphatic heterocycles. The summed E-state index contributed by atoms with van der Waals surface area (Å²) in [5.74, 6) is -0.853. The SMILES string of the molecule is C[C@@H](O)CCC[C@H](O)C=C[C@H]1C=CC(=O)[C@@H]1CC=CCCCC(=O)O. The Labute approximate surface area is 149 Å². The number of ketones is 1. The molecule has 1 rings (SSSR count). The number of hydrogen-bond donors (Lipinski definition) is 3. The number of carbonyl (C=O) groups excluding carboxylic acids is 1. The summed E-state index contributed by atoms with van der Waals surface area (Å²) in [6, 6.07) is 0. The summed E-state index contributed by atoms with van der Waals surface area (Å²) in [5, 5.41) is 27.7. The van der Waals surface area contributed by atoms with Crippen LogP contribution in [0.5, 0.6) is 0 Å². The van der Waals surface area contributed by atoms with E-state index in [1.54, 1.807) is 19.1 Å². The lowest BCUT2D eigenvalue weighted by Gasteiger charge is -2.13. The van der Waals surface area contributed by atoms with Crippen LogP contribution in [0.1, 0.15) is 51.9 Å². The highest BCUT2D eigenvalue weighted by Gasteiger charge is 2.27. The van der Waals surface area contributed by atoms with Crippen LogP contribution in [0.15, 0.2) is 36.5 Å². The number of carboxylic acid groups (broad SMARTS) is 1. The molecule has 0 amide bonds. The van der Waals surface area contributed by atoms with Gasteiger partial charge in [0.2, 0.25) is 0 Å². The molecule has 1 aliphatic carbocycles. The van der Waals surface area contributed by atoms with E-state index in [4.69, 9.17) is 5.11 Å². The van der Waals surface area contributed by atoms with Crippen molar-refractivity contribution in [3.05, 3.63) is 36.5 Å². The molecule has 0 aromatic carbocycles. The molecule has 140 valence electrons. The van der Waals surface area contributed by atoms with Gasteiger partial charge in [-0.2, -0.15) is 0 Å². The molecule has 3 N–H and O–H groups in total. The summed E-state index contributed by atoms with van der Waals surface area (Å²) in [7, 11) is 0. The number of unbranched alkanes of at least 4 members (excludes halogenated alkanes) is 1. The average molecular weight is 350 g/mol. The molecular weight excluding hydrogens is 320 g/mol. The largest absolute Gasteiger partial charge is 0.481 e. The number of carboxylic acids is 1. The van der Waals surface area contributed by atoms with Gasteiger partial charge in [-0.3, -0.25) is 9.59 Å². The Balaban J connectivity index is 2.38. The van der Waals surface area contributed by atoms with Crippen molar-refractivity contribution < 1.29 is 24.9 Å². The van der Waals surface area contributed by atoms with Gasteiger partial charge in [-0.1, -0.05) is 30.4 Å². The van der Waals surface area contributed by atoms with Crippen LogP contribution in [0.2, 0.25) is 0 Å². The first-order chi connectivity index (χ1) is 11.9. The van der Waals surface area contributed by atoms with Gasteiger partial charge in [-0.15, -0.1) is 0 Å². The normalized spacial score (nSPS) is 22.9. The quantitative estimate of drug-likeness (QED) is 0.371. The third-order valence-corrected chi connectivity index (χ3v) is 4.31. The van der Waals surface area contributed by atoms with Gasteiger partial charge in [0.25, 0.3) is 0 Å². The Morgan fingerprint density at radius 2 is 2.00 bits per heavy atom. The number of allylic oxidation sites excluding steroid dienone is 5. The van der Waals surface area contributed by atoms with Crippen molar-refractivity contribution in [1.82, 2.24) is 0 Å². The molecule has 0 aromatic rings. The van der Waals surface area contributed by atoms with Gasteiger partial charge in [-0.05, 0) is 51.5 Å². The van der Waals surface area contributed by atoms with E-state index >= 15 is 0 Å². The minimum Gasteiger partial charge on any atom is -0.481 e. The third kappa shape index (κ3) is 9.37. The molecule has 0 saturated carbocycles. The van der Waals surface area contributed by atoms with Crippen molar-refractivity contribution in [3.8, 4) is 0 Å². The van der Waals surface area contributed by atoms with E-state index in [-0.39, 0.29) is 30.1 Å². The minimum absolute atomic E-state index is 0.0115. The first-order valence-corrected chi connectivity index (χ1v) is 9.03. The Morgan fingerprint density at radius 1 is 1.24 bits per heavy atom. The van der Waals surface area contributed by atoms with Crippen LogP contribution < -0.4 is 0 Å². The molecule has 0 fully saturated rings. The molecular formula is C20H30O5. The highest BCUT2D eigenvalue weighted by atomic mass is 16.4. The van der Waals surface area contributed by atoms with E-state index in [0.717, 1.165) is 6.42 Å². The summed E-state index contributed by atoms with van der Waals surface area (Å²) < 4.78 is 0. The highest BCUT2D eigenvalue weighted by molar-refractivity contribution is 5.95. The lowest BCUT2D eigenvalue weighted by Crippen LogP contribution is -2.14. The number of rotatable bonds is 12. The molecule has 4 atom stereocenters. The van der Waals surface area contributed by atoms with E-state index in [0.29, 0.717) is 32.1 Å². The second kappa shape index (κ2) is 11.8. The van der Waals surface area contributed by atoms with Gasteiger partial charge in [0, 0.05) is 18.3 Å². The fourth-order valence-corrected chi connectivity index (χ4v) is 2.83. The van der Waals surface area contributed by atoms with Gasteiger partial charge in [0.05, 0.1) is 12.2 Å². The van der Waals surface area contributed by atoms with Crippen molar-refractivity contribution in [2.45, 2.75) is 64.1 Å². The van der Waals surface area contributed by atoms with E-state index in [1.165, 1.54) is 0 Å². The van der Waals surface area contributed by atoms with Crippen LogP contribution in [0, 0.1) is 11.8 Å².